The SMILES string of the molecule is COc1ccc(-c2nn[nH]n2)cc1C(=O)N1CC[C@](CCN2CCC(C(=O)N(C(=O)N3[C@H](C(=O)O)N4CCN3CC4)c3ccccc3)CC2)(c2ccc(Cl)c(Cl)c2)C1. The number of nitrogens with one attached hydrogen (secondary N) is 1. The van der Waals surface area contributed by atoms with Gasteiger partial charge in [-0.1, -0.05) is 47.5 Å². The highest BCUT2D eigenvalue weighted by Crippen LogP contribution is 2.42. The van der Waals surface area contributed by atoms with E-state index in [1.165, 1.54) is 17.0 Å². The van der Waals surface area contributed by atoms with Crippen LogP contribution in [-0.2, 0) is 15.0 Å². The van der Waals surface area contributed by atoms with Gasteiger partial charge in [-0.2, -0.15) is 5.21 Å². The summed E-state index contributed by atoms with van der Waals surface area (Å²) in [7, 11) is 1.53. The number of benzene rings is 3. The predicted octanol–water partition coefficient (Wildman–Crippen LogP) is 4.48. The van der Waals surface area contributed by atoms with E-state index in [0.717, 1.165) is 5.56 Å². The van der Waals surface area contributed by atoms with Crippen molar-refractivity contribution in [1.29, 1.82) is 0 Å². The maximum Gasteiger partial charge on any atom is 0.347 e. The summed E-state index contributed by atoms with van der Waals surface area (Å²) in [5, 5.41) is 28.2. The number of carboxylic acids is 1. The van der Waals surface area contributed by atoms with Crippen molar-refractivity contribution in [2.24, 2.45) is 5.92 Å². The highest BCUT2D eigenvalue weighted by Gasteiger charge is 2.49. The number of aromatic amines is 1. The van der Waals surface area contributed by atoms with E-state index in [0.29, 0.717) is 123 Å². The van der Waals surface area contributed by atoms with Crippen molar-refractivity contribution in [3.63, 3.8) is 0 Å². The van der Waals surface area contributed by atoms with Crippen LogP contribution in [0.1, 0.15) is 41.6 Å². The first kappa shape index (κ1) is 39.7. The molecule has 5 aliphatic rings. The maximum absolute atomic E-state index is 14.4. The summed E-state index contributed by atoms with van der Waals surface area (Å²) in [6.45, 7) is 4.94. The average Bonchev–Trinajstić information content (AvgIpc) is 3.96. The summed E-state index contributed by atoms with van der Waals surface area (Å²) < 4.78 is 5.60. The van der Waals surface area contributed by atoms with E-state index in [9.17, 15) is 24.3 Å². The smallest absolute Gasteiger partial charge is 0.347 e. The van der Waals surface area contributed by atoms with Gasteiger partial charge in [-0.05, 0) is 98.6 Å². The second kappa shape index (κ2) is 16.6. The van der Waals surface area contributed by atoms with E-state index in [4.69, 9.17) is 27.9 Å². The number of amides is 4. The molecule has 0 saturated carbocycles. The molecule has 18 heteroatoms. The van der Waals surface area contributed by atoms with Gasteiger partial charge < -0.3 is 19.6 Å². The number of aromatic nitrogens is 4. The second-order valence-corrected chi connectivity index (χ2v) is 16.1. The van der Waals surface area contributed by atoms with Gasteiger partial charge in [0.1, 0.15) is 5.75 Å². The molecule has 2 bridgehead atoms. The largest absolute Gasteiger partial charge is 0.496 e. The highest BCUT2D eigenvalue weighted by atomic mass is 35.5. The number of methoxy groups -OCH3 is 1. The van der Waals surface area contributed by atoms with Crippen molar-refractivity contribution < 1.29 is 29.0 Å². The third-order valence-electron chi connectivity index (χ3n) is 12.1. The van der Waals surface area contributed by atoms with Gasteiger partial charge in [-0.15, -0.1) is 10.2 Å². The van der Waals surface area contributed by atoms with Gasteiger partial charge in [-0.25, -0.2) is 24.5 Å². The van der Waals surface area contributed by atoms with Crippen LogP contribution in [0.5, 0.6) is 5.75 Å². The molecular weight excluding hydrogens is 787 g/mol. The molecule has 1 aromatic heterocycles. The molecule has 304 valence electrons. The van der Waals surface area contributed by atoms with Gasteiger partial charge in [0, 0.05) is 56.2 Å². The standard InChI is InChI=1S/C40H44Cl2N10O6/c1-58-33-10-7-27(34-43-45-46-44-34)23-30(33)37(54)49-18-14-40(25-49,28-8-9-31(41)32(42)24-28)13-17-47-15-11-26(12-16-47)36(53)51(29-5-3-2-4-6-29)39(57)52-35(38(55)56)48-19-21-50(52)22-20-48/h2-10,23-24,26,35H,11-22,25H2,1H3,(H,55,56)(H,43,44,45,46)/t35-,40+/m1/s1. The van der Waals surface area contributed by atoms with Gasteiger partial charge in [-0.3, -0.25) is 14.5 Å². The number of carbonyl (C=O) groups is 4. The van der Waals surface area contributed by atoms with Crippen molar-refractivity contribution >= 4 is 52.7 Å². The van der Waals surface area contributed by atoms with E-state index >= 15 is 0 Å². The number of para-hydroxylation sites is 1. The van der Waals surface area contributed by atoms with E-state index in [2.05, 4.69) is 25.5 Å². The maximum atomic E-state index is 14.4. The van der Waals surface area contributed by atoms with Crippen LogP contribution < -0.4 is 9.64 Å². The van der Waals surface area contributed by atoms with E-state index < -0.39 is 29.5 Å². The quantitative estimate of drug-likeness (QED) is 0.230. The zero-order valence-electron chi connectivity index (χ0n) is 32.0. The molecule has 0 radical (unpaired) electrons. The van der Waals surface area contributed by atoms with Crippen LogP contribution in [0, 0.1) is 5.92 Å². The summed E-state index contributed by atoms with van der Waals surface area (Å²) in [6, 6.07) is 19.0. The number of hydrazine groups is 1. The van der Waals surface area contributed by atoms with Gasteiger partial charge in [0.15, 0.2) is 0 Å². The Kier molecular flexibility index (Phi) is 11.4. The zero-order chi connectivity index (χ0) is 40.6. The Hall–Kier alpha value is -5.13. The van der Waals surface area contributed by atoms with Crippen LogP contribution in [0.25, 0.3) is 11.4 Å². The molecule has 3 aromatic carbocycles. The van der Waals surface area contributed by atoms with Crippen LogP contribution in [-0.4, -0.2) is 146 Å². The highest BCUT2D eigenvalue weighted by molar-refractivity contribution is 6.42. The lowest BCUT2D eigenvalue weighted by molar-refractivity contribution is -0.189. The minimum absolute atomic E-state index is 0.179. The van der Waals surface area contributed by atoms with E-state index in [-0.39, 0.29) is 11.8 Å². The molecule has 5 aliphatic heterocycles. The van der Waals surface area contributed by atoms with Crippen LogP contribution >= 0.6 is 23.2 Å². The lowest BCUT2D eigenvalue weighted by atomic mass is 9.76. The number of nitrogens with zero attached hydrogens (tertiary/aromatic N) is 9. The van der Waals surface area contributed by atoms with Crippen LogP contribution in [0.4, 0.5) is 10.5 Å². The number of carboxylic acid groups (broad SMARTS) is 1. The molecule has 0 spiro atoms. The Bertz CT molecular complexity index is 2160. The third-order valence-corrected chi connectivity index (χ3v) is 12.8. The van der Waals surface area contributed by atoms with Crippen LogP contribution in [0.2, 0.25) is 10.0 Å². The number of urea groups is 1. The van der Waals surface area contributed by atoms with Crippen LogP contribution in [0.3, 0.4) is 0 Å². The molecule has 5 saturated heterocycles. The number of hydrogen-bond donors (Lipinski definition) is 2. The number of hydrogen-bond acceptors (Lipinski definition) is 11. The number of anilines is 1. The normalized spacial score (nSPS) is 23.5. The Balaban J connectivity index is 0.975. The fourth-order valence-corrected chi connectivity index (χ4v) is 9.16. The predicted molar refractivity (Wildman–Crippen MR) is 214 cm³/mol. The first-order chi connectivity index (χ1) is 28.1. The van der Waals surface area contributed by atoms with Gasteiger partial charge in [0.05, 0.1) is 28.4 Å². The number of H-pyrrole nitrogens is 1. The van der Waals surface area contributed by atoms with Crippen molar-refractivity contribution in [1.82, 2.24) is 45.3 Å². The van der Waals surface area contributed by atoms with Gasteiger partial charge >= 0.3 is 12.0 Å². The Morgan fingerprint density at radius 3 is 2.36 bits per heavy atom. The summed E-state index contributed by atoms with van der Waals surface area (Å²) in [5.74, 6) is -1.29. The van der Waals surface area contributed by atoms with Gasteiger partial charge in [0.2, 0.25) is 17.9 Å². The molecule has 5 fully saturated rings. The molecule has 2 atom stereocenters. The molecule has 0 aliphatic carbocycles. The molecule has 6 heterocycles. The van der Waals surface area contributed by atoms with Crippen molar-refractivity contribution in [2.75, 3.05) is 70.9 Å². The second-order valence-electron chi connectivity index (χ2n) is 15.2. The molecule has 4 aromatic rings. The summed E-state index contributed by atoms with van der Waals surface area (Å²) in [5.41, 5.74) is 1.98. The van der Waals surface area contributed by atoms with Crippen LogP contribution in [0.15, 0.2) is 66.7 Å². The van der Waals surface area contributed by atoms with Crippen molar-refractivity contribution in [3.05, 3.63) is 87.9 Å². The molecule has 16 nitrogen and oxygen atoms in total. The van der Waals surface area contributed by atoms with Crippen molar-refractivity contribution in [3.8, 4) is 17.1 Å². The fourth-order valence-electron chi connectivity index (χ4n) is 8.86. The minimum atomic E-state index is -1.18. The Labute approximate surface area is 345 Å². The number of piperazine rings is 1. The number of fused-ring (bicyclic) bond motifs is 3. The van der Waals surface area contributed by atoms with E-state index in [1.807, 2.05) is 23.1 Å². The third kappa shape index (κ3) is 7.62. The molecule has 58 heavy (non-hydrogen) atoms. The number of ether oxygens (including phenoxy) is 1. The van der Waals surface area contributed by atoms with Crippen molar-refractivity contribution in [2.45, 2.75) is 37.3 Å². The number of rotatable bonds is 10. The lowest BCUT2D eigenvalue weighted by Crippen LogP contribution is -2.74. The molecule has 9 rings (SSSR count). The first-order valence-electron chi connectivity index (χ1n) is 19.4. The monoisotopic (exact) mass is 830 g/mol. The van der Waals surface area contributed by atoms with Gasteiger partial charge in [0.25, 0.3) is 5.91 Å². The lowest BCUT2D eigenvalue weighted by Gasteiger charge is -2.53. The summed E-state index contributed by atoms with van der Waals surface area (Å²) in [6.07, 6.45) is 1.27. The fraction of sp³-hybridized carbons (Fsp3) is 0.425. The average molecular weight is 832 g/mol. The minimum Gasteiger partial charge on any atom is -0.496 e. The zero-order valence-corrected chi connectivity index (χ0v) is 33.5. The summed E-state index contributed by atoms with van der Waals surface area (Å²) in [4.78, 5) is 62.4. The molecule has 2 N–H and O–H groups in total. The first-order valence-corrected chi connectivity index (χ1v) is 20.2. The Morgan fingerprint density at radius 1 is 0.931 bits per heavy atom. The Morgan fingerprint density at radius 2 is 1.69 bits per heavy atom. The summed E-state index contributed by atoms with van der Waals surface area (Å²) >= 11 is 12.9. The van der Waals surface area contributed by atoms with E-state index in [1.54, 1.807) is 58.4 Å². The molecule has 0 unspecified atom stereocenters. The number of tetrazole rings is 1. The number of likely N-dealkylation sites (tertiary alicyclic amines) is 2. The number of piperidine rings is 1. The number of imide groups is 1. The number of halogens is 2. The number of aliphatic carboxylic acids is 1. The number of carbonyl (C=O) groups excluding carboxylic acids is 3. The molecular formula is C40H44Cl2N10O6. The molecule has 4 amide bonds. The topological polar surface area (TPSA) is 172 Å².